The zero-order valence-electron chi connectivity index (χ0n) is 8.55. The average molecular weight is 328 g/mol. The number of carbonyl (C=O) groups is 1. The Bertz CT molecular complexity index is 505. The molecule has 1 heterocycles. The second kappa shape index (κ2) is 4.65. The fourth-order valence-corrected chi connectivity index (χ4v) is 1.71. The fraction of sp³-hybridized carbons (Fsp3) is 0.0909. The summed E-state index contributed by atoms with van der Waals surface area (Å²) in [4.78, 5) is 11.2. The van der Waals surface area contributed by atoms with E-state index in [0.717, 1.165) is 9.39 Å². The van der Waals surface area contributed by atoms with Crippen LogP contribution >= 0.6 is 22.6 Å². The molecule has 0 saturated carbocycles. The second-order valence-electron chi connectivity index (χ2n) is 3.12. The van der Waals surface area contributed by atoms with Crippen molar-refractivity contribution in [2.24, 2.45) is 0 Å². The maximum Gasteiger partial charge on any atom is 0.337 e. The molecule has 4 nitrogen and oxygen atoms in total. The van der Waals surface area contributed by atoms with Gasteiger partial charge in [-0.25, -0.2) is 9.48 Å². The quantitative estimate of drug-likeness (QED) is 0.627. The fourth-order valence-electron chi connectivity index (χ4n) is 1.31. The summed E-state index contributed by atoms with van der Waals surface area (Å²) < 4.78 is 7.30. The minimum absolute atomic E-state index is 0.332. The number of methoxy groups -OCH3 is 1. The van der Waals surface area contributed by atoms with E-state index in [1.165, 1.54) is 7.11 Å². The normalized spacial score (nSPS) is 10.1. The summed E-state index contributed by atoms with van der Waals surface area (Å²) >= 11 is 2.14. The number of rotatable bonds is 2. The monoisotopic (exact) mass is 328 g/mol. The standard InChI is InChI=1S/C11H9IN2O2/c1-16-11(15)8-2-4-9(5-3-8)14-7-6-10(12)13-14/h2-7H,1H3. The van der Waals surface area contributed by atoms with Crippen molar-refractivity contribution in [2.75, 3.05) is 7.11 Å². The van der Waals surface area contributed by atoms with Crippen LogP contribution < -0.4 is 0 Å². The lowest BCUT2D eigenvalue weighted by Gasteiger charge is -2.02. The van der Waals surface area contributed by atoms with Crippen LogP contribution in [0.5, 0.6) is 0 Å². The molecule has 16 heavy (non-hydrogen) atoms. The van der Waals surface area contributed by atoms with Crippen LogP contribution in [0.2, 0.25) is 0 Å². The van der Waals surface area contributed by atoms with Crippen molar-refractivity contribution in [3.63, 3.8) is 0 Å². The van der Waals surface area contributed by atoms with Crippen LogP contribution in [-0.2, 0) is 4.74 Å². The molecule has 0 aliphatic rings. The van der Waals surface area contributed by atoms with Gasteiger partial charge in [-0.05, 0) is 52.9 Å². The minimum Gasteiger partial charge on any atom is -0.465 e. The number of hydrogen-bond donors (Lipinski definition) is 0. The van der Waals surface area contributed by atoms with E-state index >= 15 is 0 Å². The first kappa shape index (κ1) is 11.1. The molecule has 0 spiro atoms. The molecule has 0 fully saturated rings. The number of carbonyl (C=O) groups excluding carboxylic acids is 1. The highest BCUT2D eigenvalue weighted by Crippen LogP contribution is 2.11. The lowest BCUT2D eigenvalue weighted by Crippen LogP contribution is -2.02. The van der Waals surface area contributed by atoms with Crippen LogP contribution in [0.25, 0.3) is 5.69 Å². The largest absolute Gasteiger partial charge is 0.465 e. The van der Waals surface area contributed by atoms with Gasteiger partial charge in [-0.1, -0.05) is 0 Å². The molecule has 0 saturated heterocycles. The molecule has 1 aromatic carbocycles. The summed E-state index contributed by atoms with van der Waals surface area (Å²) in [6, 6.07) is 9.00. The van der Waals surface area contributed by atoms with Gasteiger partial charge in [-0.3, -0.25) is 0 Å². The Labute approximate surface area is 106 Å². The SMILES string of the molecule is COC(=O)c1ccc(-n2ccc(I)n2)cc1. The first-order valence-corrected chi connectivity index (χ1v) is 5.68. The first-order chi connectivity index (χ1) is 7.70. The van der Waals surface area contributed by atoms with Crippen LogP contribution in [0.3, 0.4) is 0 Å². The Balaban J connectivity index is 2.29. The Morgan fingerprint density at radius 2 is 2.00 bits per heavy atom. The summed E-state index contributed by atoms with van der Waals surface area (Å²) in [5.41, 5.74) is 1.45. The van der Waals surface area contributed by atoms with Gasteiger partial charge >= 0.3 is 5.97 Å². The number of aromatic nitrogens is 2. The van der Waals surface area contributed by atoms with Crippen molar-refractivity contribution < 1.29 is 9.53 Å². The molecule has 0 N–H and O–H groups in total. The first-order valence-electron chi connectivity index (χ1n) is 4.60. The summed E-state index contributed by atoms with van der Waals surface area (Å²) in [7, 11) is 1.37. The number of ether oxygens (including phenoxy) is 1. The number of esters is 1. The van der Waals surface area contributed by atoms with Gasteiger partial charge in [0, 0.05) is 6.20 Å². The molecule has 0 unspecified atom stereocenters. The topological polar surface area (TPSA) is 44.1 Å². The summed E-state index contributed by atoms with van der Waals surface area (Å²) in [6.07, 6.45) is 1.87. The predicted molar refractivity (Wildman–Crippen MR) is 67.6 cm³/mol. The van der Waals surface area contributed by atoms with Crippen LogP contribution in [0, 0.1) is 3.70 Å². The van der Waals surface area contributed by atoms with Gasteiger partial charge in [-0.15, -0.1) is 0 Å². The smallest absolute Gasteiger partial charge is 0.337 e. The van der Waals surface area contributed by atoms with Gasteiger partial charge in [-0.2, -0.15) is 5.10 Å². The Kier molecular flexibility index (Phi) is 3.23. The summed E-state index contributed by atoms with van der Waals surface area (Å²) in [5.74, 6) is -0.332. The Hall–Kier alpha value is -1.37. The molecule has 0 atom stereocenters. The third-order valence-corrected chi connectivity index (χ3v) is 2.68. The highest BCUT2D eigenvalue weighted by atomic mass is 127. The zero-order valence-corrected chi connectivity index (χ0v) is 10.7. The zero-order chi connectivity index (χ0) is 11.5. The molecule has 0 radical (unpaired) electrons. The molecular formula is C11H9IN2O2. The molecule has 1 aromatic heterocycles. The van der Waals surface area contributed by atoms with Gasteiger partial charge < -0.3 is 4.74 Å². The van der Waals surface area contributed by atoms with E-state index in [1.807, 2.05) is 24.4 Å². The molecule has 82 valence electrons. The third kappa shape index (κ3) is 2.24. The second-order valence-corrected chi connectivity index (χ2v) is 4.23. The Morgan fingerprint density at radius 1 is 1.31 bits per heavy atom. The van der Waals surface area contributed by atoms with E-state index in [2.05, 4.69) is 32.4 Å². The number of hydrogen-bond acceptors (Lipinski definition) is 3. The van der Waals surface area contributed by atoms with Crippen LogP contribution in [0.1, 0.15) is 10.4 Å². The van der Waals surface area contributed by atoms with Crippen molar-refractivity contribution in [1.29, 1.82) is 0 Å². The van der Waals surface area contributed by atoms with E-state index < -0.39 is 0 Å². The number of nitrogens with zero attached hydrogens (tertiary/aromatic N) is 2. The third-order valence-electron chi connectivity index (χ3n) is 2.11. The van der Waals surface area contributed by atoms with Crippen molar-refractivity contribution >= 4 is 28.6 Å². The van der Waals surface area contributed by atoms with Crippen LogP contribution in [0.15, 0.2) is 36.5 Å². The summed E-state index contributed by atoms with van der Waals surface area (Å²) in [5, 5.41) is 4.26. The van der Waals surface area contributed by atoms with Crippen molar-refractivity contribution in [2.45, 2.75) is 0 Å². The van der Waals surface area contributed by atoms with Gasteiger partial charge in [0.1, 0.15) is 3.70 Å². The molecule has 0 aliphatic carbocycles. The maximum atomic E-state index is 11.2. The summed E-state index contributed by atoms with van der Waals surface area (Å²) in [6.45, 7) is 0. The van der Waals surface area contributed by atoms with Gasteiger partial charge in [0.25, 0.3) is 0 Å². The molecule has 2 aromatic rings. The lowest BCUT2D eigenvalue weighted by molar-refractivity contribution is 0.0601. The maximum absolute atomic E-state index is 11.2. The van der Waals surface area contributed by atoms with Crippen molar-refractivity contribution in [3.05, 3.63) is 45.8 Å². The van der Waals surface area contributed by atoms with E-state index in [1.54, 1.807) is 16.8 Å². The van der Waals surface area contributed by atoms with Gasteiger partial charge in [0.2, 0.25) is 0 Å². The highest BCUT2D eigenvalue weighted by molar-refractivity contribution is 14.1. The van der Waals surface area contributed by atoms with Crippen LogP contribution in [-0.4, -0.2) is 22.9 Å². The van der Waals surface area contributed by atoms with Crippen molar-refractivity contribution in [3.8, 4) is 5.69 Å². The molecule has 0 amide bonds. The molecule has 0 aliphatic heterocycles. The van der Waals surface area contributed by atoms with E-state index in [9.17, 15) is 4.79 Å². The van der Waals surface area contributed by atoms with Gasteiger partial charge in [0.15, 0.2) is 0 Å². The predicted octanol–water partition coefficient (Wildman–Crippen LogP) is 2.26. The van der Waals surface area contributed by atoms with E-state index in [4.69, 9.17) is 0 Å². The van der Waals surface area contributed by atoms with Crippen LogP contribution in [0.4, 0.5) is 0 Å². The molecule has 2 rings (SSSR count). The van der Waals surface area contributed by atoms with E-state index in [-0.39, 0.29) is 5.97 Å². The number of halogens is 1. The number of benzene rings is 1. The molecule has 0 bridgehead atoms. The Morgan fingerprint density at radius 3 is 2.50 bits per heavy atom. The van der Waals surface area contributed by atoms with Gasteiger partial charge in [0.05, 0.1) is 18.4 Å². The van der Waals surface area contributed by atoms with E-state index in [0.29, 0.717) is 5.56 Å². The molecular weight excluding hydrogens is 319 g/mol. The minimum atomic E-state index is -0.332. The lowest BCUT2D eigenvalue weighted by atomic mass is 10.2. The average Bonchev–Trinajstić information content (AvgIpc) is 2.75. The van der Waals surface area contributed by atoms with Crippen molar-refractivity contribution in [1.82, 2.24) is 9.78 Å². The molecule has 5 heteroatoms. The highest BCUT2D eigenvalue weighted by Gasteiger charge is 2.05.